The Morgan fingerprint density at radius 3 is 2.48 bits per heavy atom. The monoisotopic (exact) mass is 452 g/mol. The van der Waals surface area contributed by atoms with Gasteiger partial charge in [0.25, 0.3) is 5.91 Å². The molecule has 1 N–H and O–H groups in total. The van der Waals surface area contributed by atoms with Crippen molar-refractivity contribution < 1.29 is 27.9 Å². The summed E-state index contributed by atoms with van der Waals surface area (Å²) >= 11 is 5.85. The highest BCUT2D eigenvalue weighted by molar-refractivity contribution is 6.30. The number of rotatable bonds is 3. The van der Waals surface area contributed by atoms with Crippen LogP contribution in [0.25, 0.3) is 16.9 Å². The number of alkyl halides is 3. The average molecular weight is 453 g/mol. The molecule has 1 fully saturated rings. The van der Waals surface area contributed by atoms with Crippen molar-refractivity contribution in [1.82, 2.24) is 19.5 Å². The number of nitrogens with zero attached hydrogens (tertiary/aromatic N) is 4. The van der Waals surface area contributed by atoms with Gasteiger partial charge < -0.3 is 10.0 Å². The Labute approximate surface area is 179 Å². The number of likely N-dealkylation sites (tertiary alicyclic amines) is 1. The number of piperidine rings is 1. The van der Waals surface area contributed by atoms with Gasteiger partial charge in [-0.15, -0.1) is 0 Å². The number of hydrogen-bond acceptors (Lipinski definition) is 4. The molecule has 3 heterocycles. The van der Waals surface area contributed by atoms with E-state index in [1.165, 1.54) is 24.3 Å². The van der Waals surface area contributed by atoms with Gasteiger partial charge in [0.2, 0.25) is 0 Å². The molecule has 1 saturated heterocycles. The maximum Gasteiger partial charge on any atom is 0.433 e. The molecule has 2 aromatic heterocycles. The lowest BCUT2D eigenvalue weighted by atomic mass is 10.0. The van der Waals surface area contributed by atoms with E-state index in [1.54, 1.807) is 0 Å². The number of aliphatic carboxylic acids is 1. The van der Waals surface area contributed by atoms with Crippen LogP contribution in [-0.4, -0.2) is 49.1 Å². The molecular weight excluding hydrogens is 437 g/mol. The van der Waals surface area contributed by atoms with Gasteiger partial charge in [0.1, 0.15) is 6.04 Å². The Morgan fingerprint density at radius 1 is 1.13 bits per heavy atom. The van der Waals surface area contributed by atoms with E-state index in [0.29, 0.717) is 27.9 Å². The minimum absolute atomic E-state index is 0.0387. The summed E-state index contributed by atoms with van der Waals surface area (Å²) in [5.74, 6) is -1.89. The third kappa shape index (κ3) is 4.07. The number of carboxylic acids is 1. The fourth-order valence-corrected chi connectivity index (χ4v) is 3.75. The highest BCUT2D eigenvalue weighted by atomic mass is 35.5. The first kappa shape index (κ1) is 21.1. The molecule has 0 radical (unpaired) electrons. The number of carbonyl (C=O) groups excluding carboxylic acids is 1. The lowest BCUT2D eigenvalue weighted by molar-refractivity contribution is -0.143. The first-order valence-electron chi connectivity index (χ1n) is 9.43. The second-order valence-corrected chi connectivity index (χ2v) is 7.62. The molecule has 31 heavy (non-hydrogen) atoms. The molecule has 1 aliphatic rings. The van der Waals surface area contributed by atoms with E-state index in [2.05, 4.69) is 10.1 Å². The van der Waals surface area contributed by atoms with Crippen LogP contribution in [-0.2, 0) is 11.0 Å². The number of benzene rings is 1. The van der Waals surface area contributed by atoms with Crippen LogP contribution in [0, 0.1) is 0 Å². The normalized spacial score (nSPS) is 17.2. The summed E-state index contributed by atoms with van der Waals surface area (Å²) < 4.78 is 41.7. The number of hydrogen-bond donors (Lipinski definition) is 1. The summed E-state index contributed by atoms with van der Waals surface area (Å²) in [7, 11) is 0. The van der Waals surface area contributed by atoms with Gasteiger partial charge in [0, 0.05) is 23.2 Å². The molecule has 0 bridgehead atoms. The van der Waals surface area contributed by atoms with Crippen molar-refractivity contribution in [2.24, 2.45) is 0 Å². The largest absolute Gasteiger partial charge is 0.480 e. The molecule has 4 rings (SSSR count). The first-order chi connectivity index (χ1) is 14.6. The van der Waals surface area contributed by atoms with E-state index in [9.17, 15) is 27.9 Å². The van der Waals surface area contributed by atoms with Crippen LogP contribution in [0.4, 0.5) is 13.2 Å². The third-order valence-electron chi connectivity index (χ3n) is 5.13. The maximum atomic E-state index is 13.7. The van der Waals surface area contributed by atoms with Crippen molar-refractivity contribution in [3.05, 3.63) is 52.8 Å². The summed E-state index contributed by atoms with van der Waals surface area (Å²) in [5, 5.41) is 13.6. The number of amides is 1. The van der Waals surface area contributed by atoms with E-state index in [0.717, 1.165) is 17.0 Å². The fraction of sp³-hybridized carbons (Fsp3) is 0.300. The Morgan fingerprint density at radius 2 is 1.84 bits per heavy atom. The highest BCUT2D eigenvalue weighted by Gasteiger charge is 2.37. The zero-order valence-corrected chi connectivity index (χ0v) is 16.7. The number of halogens is 4. The molecular formula is C20H16ClF3N4O3. The van der Waals surface area contributed by atoms with E-state index >= 15 is 0 Å². The lowest BCUT2D eigenvalue weighted by Gasteiger charge is -2.32. The maximum absolute atomic E-state index is 13.7. The predicted octanol–water partition coefficient (Wildman–Crippen LogP) is 4.15. The van der Waals surface area contributed by atoms with Crippen molar-refractivity contribution in [2.75, 3.05) is 6.54 Å². The Balaban J connectivity index is 1.81. The van der Waals surface area contributed by atoms with E-state index in [1.807, 2.05) is 0 Å². The summed E-state index contributed by atoms with van der Waals surface area (Å²) in [6.07, 6.45) is -3.23. The van der Waals surface area contributed by atoms with Crippen molar-refractivity contribution in [3.63, 3.8) is 0 Å². The van der Waals surface area contributed by atoms with Gasteiger partial charge in [-0.2, -0.15) is 18.3 Å². The zero-order chi connectivity index (χ0) is 22.3. The molecule has 162 valence electrons. The molecule has 1 unspecified atom stereocenters. The summed E-state index contributed by atoms with van der Waals surface area (Å²) in [4.78, 5) is 29.8. The average Bonchev–Trinajstić information content (AvgIpc) is 3.16. The molecule has 1 atom stereocenters. The van der Waals surface area contributed by atoms with E-state index in [-0.39, 0.29) is 30.0 Å². The van der Waals surface area contributed by atoms with Crippen LogP contribution in [0.5, 0.6) is 0 Å². The van der Waals surface area contributed by atoms with Crippen LogP contribution in [0.15, 0.2) is 36.4 Å². The van der Waals surface area contributed by atoms with Crippen LogP contribution in [0.3, 0.4) is 0 Å². The van der Waals surface area contributed by atoms with Gasteiger partial charge in [-0.3, -0.25) is 4.79 Å². The van der Waals surface area contributed by atoms with Gasteiger partial charge in [0.05, 0.1) is 5.69 Å². The molecule has 11 heteroatoms. The van der Waals surface area contributed by atoms with Gasteiger partial charge >= 0.3 is 12.1 Å². The van der Waals surface area contributed by atoms with Crippen LogP contribution in [0.2, 0.25) is 5.02 Å². The quantitative estimate of drug-likeness (QED) is 0.645. The van der Waals surface area contributed by atoms with Crippen LogP contribution < -0.4 is 0 Å². The number of carbonyl (C=O) groups is 2. The second-order valence-electron chi connectivity index (χ2n) is 7.18. The molecule has 7 nitrogen and oxygen atoms in total. The molecule has 1 aromatic carbocycles. The Hall–Kier alpha value is -3.14. The van der Waals surface area contributed by atoms with Crippen molar-refractivity contribution >= 4 is 29.1 Å². The lowest BCUT2D eigenvalue weighted by Crippen LogP contribution is -2.48. The number of carboxylic acid groups (broad SMARTS) is 1. The predicted molar refractivity (Wildman–Crippen MR) is 105 cm³/mol. The minimum Gasteiger partial charge on any atom is -0.480 e. The summed E-state index contributed by atoms with van der Waals surface area (Å²) in [5.41, 5.74) is -1.12. The topological polar surface area (TPSA) is 87.8 Å². The second kappa shape index (κ2) is 7.84. The first-order valence-corrected chi connectivity index (χ1v) is 9.80. The Kier molecular flexibility index (Phi) is 5.34. The molecule has 3 aromatic rings. The van der Waals surface area contributed by atoms with Gasteiger partial charge in [-0.25, -0.2) is 14.3 Å². The van der Waals surface area contributed by atoms with Crippen molar-refractivity contribution in [2.45, 2.75) is 31.5 Å². The smallest absolute Gasteiger partial charge is 0.433 e. The fourth-order valence-electron chi connectivity index (χ4n) is 3.63. The summed E-state index contributed by atoms with van der Waals surface area (Å²) in [6, 6.07) is 7.09. The van der Waals surface area contributed by atoms with Gasteiger partial charge in [-0.1, -0.05) is 23.7 Å². The van der Waals surface area contributed by atoms with Crippen LogP contribution in [0.1, 0.15) is 35.4 Å². The molecule has 1 aliphatic heterocycles. The minimum atomic E-state index is -4.76. The number of fused-ring (bicyclic) bond motifs is 1. The molecule has 0 spiro atoms. The van der Waals surface area contributed by atoms with Crippen molar-refractivity contribution in [3.8, 4) is 11.3 Å². The Bertz CT molecular complexity index is 1160. The zero-order valence-electron chi connectivity index (χ0n) is 15.9. The molecule has 0 saturated carbocycles. The van der Waals surface area contributed by atoms with E-state index < -0.39 is 29.8 Å². The van der Waals surface area contributed by atoms with Gasteiger partial charge in [0.15, 0.2) is 17.0 Å². The molecule has 0 aliphatic carbocycles. The summed E-state index contributed by atoms with van der Waals surface area (Å²) in [6.45, 7) is 0.194. The van der Waals surface area contributed by atoms with Crippen molar-refractivity contribution in [1.29, 1.82) is 0 Å². The van der Waals surface area contributed by atoms with E-state index in [4.69, 9.17) is 11.6 Å². The van der Waals surface area contributed by atoms with Gasteiger partial charge in [-0.05, 0) is 37.5 Å². The SMILES string of the molecule is O=C(O)C1CCCCN1C(=O)c1cc2nc(-c3ccc(Cl)cc3)cc(C(F)(F)F)n2n1. The molecule has 1 amide bonds. The number of aromatic nitrogens is 3. The third-order valence-corrected chi connectivity index (χ3v) is 5.38. The standard InChI is InChI=1S/C20H16ClF3N4O3/c21-12-6-4-11(5-7-12)13-9-16(20(22,23)24)28-17(25-13)10-14(26-28)18(29)27-8-2-1-3-15(27)19(30)31/h4-7,9-10,15H,1-3,8H2,(H,30,31). The van der Waals surface area contributed by atoms with Crippen LogP contribution >= 0.6 is 11.6 Å². The highest BCUT2D eigenvalue weighted by Crippen LogP contribution is 2.33.